The van der Waals surface area contributed by atoms with Crippen LogP contribution in [0.1, 0.15) is 25.8 Å². The number of nitrogens with zero attached hydrogens (tertiary/aromatic N) is 4. The molecule has 0 spiro atoms. The van der Waals surface area contributed by atoms with E-state index in [-0.39, 0.29) is 29.7 Å². The van der Waals surface area contributed by atoms with Gasteiger partial charge in [-0.1, -0.05) is 67.3 Å². The molecule has 164 valence electrons. The van der Waals surface area contributed by atoms with Gasteiger partial charge >= 0.3 is 5.69 Å². The fourth-order valence-electron chi connectivity index (χ4n) is 2.94. The molecule has 0 fully saturated rings. The molecule has 0 aliphatic carbocycles. The number of hydrogen-bond donors (Lipinski definition) is 2. The van der Waals surface area contributed by atoms with Crippen molar-refractivity contribution < 1.29 is 4.79 Å². The third-order valence-corrected chi connectivity index (χ3v) is 6.40. The van der Waals surface area contributed by atoms with E-state index in [1.165, 1.54) is 32.6 Å². The van der Waals surface area contributed by atoms with Crippen LogP contribution >= 0.6 is 23.1 Å². The van der Waals surface area contributed by atoms with Crippen molar-refractivity contribution in [3.05, 3.63) is 62.2 Å². The van der Waals surface area contributed by atoms with Gasteiger partial charge in [0.05, 0.1) is 12.3 Å². The highest BCUT2D eigenvalue weighted by Gasteiger charge is 2.24. The number of carbonyl (C=O) groups is 1. The van der Waals surface area contributed by atoms with Crippen LogP contribution < -0.4 is 21.9 Å². The number of aromatic nitrogens is 4. The number of thioether (sulfide) groups is 1. The molecule has 0 saturated carbocycles. The summed E-state index contributed by atoms with van der Waals surface area (Å²) in [5.41, 5.74) is 7.43. The minimum atomic E-state index is -0.676. The molecule has 31 heavy (non-hydrogen) atoms. The van der Waals surface area contributed by atoms with Crippen LogP contribution in [0, 0.1) is 5.92 Å². The first kappa shape index (κ1) is 22.8. The Morgan fingerprint density at radius 2 is 2.03 bits per heavy atom. The van der Waals surface area contributed by atoms with Crippen molar-refractivity contribution in [3.63, 3.8) is 0 Å². The minimum absolute atomic E-state index is 0.000884. The van der Waals surface area contributed by atoms with Gasteiger partial charge in [-0.3, -0.25) is 19.1 Å². The third-order valence-electron chi connectivity index (χ3n) is 4.56. The molecule has 9 nitrogen and oxygen atoms in total. The summed E-state index contributed by atoms with van der Waals surface area (Å²) in [4.78, 5) is 41.9. The van der Waals surface area contributed by atoms with Crippen LogP contribution in [-0.4, -0.2) is 38.0 Å². The molecule has 3 rings (SSSR count). The molecule has 11 heteroatoms. The Hall–Kier alpha value is -2.92. The highest BCUT2D eigenvalue weighted by atomic mass is 32.2. The fraction of sp³-hybridized carbons (Fsp3) is 0.350. The Morgan fingerprint density at radius 1 is 1.29 bits per heavy atom. The van der Waals surface area contributed by atoms with Gasteiger partial charge in [0.25, 0.3) is 5.56 Å². The van der Waals surface area contributed by atoms with Crippen molar-refractivity contribution in [2.24, 2.45) is 5.92 Å². The van der Waals surface area contributed by atoms with Crippen LogP contribution in [0.4, 0.5) is 11.5 Å². The number of amides is 1. The maximum atomic E-state index is 13.1. The normalized spacial score (nSPS) is 11.1. The van der Waals surface area contributed by atoms with Crippen molar-refractivity contribution in [1.82, 2.24) is 19.7 Å². The van der Waals surface area contributed by atoms with Crippen LogP contribution in [0.5, 0.6) is 0 Å². The summed E-state index contributed by atoms with van der Waals surface area (Å²) >= 11 is 2.58. The maximum absolute atomic E-state index is 13.1. The average molecular weight is 461 g/mol. The minimum Gasteiger partial charge on any atom is -0.383 e. The van der Waals surface area contributed by atoms with E-state index in [2.05, 4.69) is 15.2 Å². The summed E-state index contributed by atoms with van der Waals surface area (Å²) in [5.74, 6) is 0.0597. The number of nitrogen functional groups attached to an aromatic ring is 1. The second kappa shape index (κ2) is 10.4. The van der Waals surface area contributed by atoms with Gasteiger partial charge in [0.15, 0.2) is 10.0 Å². The van der Waals surface area contributed by atoms with Crippen molar-refractivity contribution in [3.8, 4) is 0 Å². The van der Waals surface area contributed by atoms with Gasteiger partial charge in [0.2, 0.25) is 5.91 Å². The standard InChI is InChI=1S/C20H24N6O3S2/c1-13(2)8-9-25(15(27)11-30-20-24-22-12-31-20)16-17(21)26(19(29)23-18(16)28)10-14-6-4-3-5-7-14/h3-7,12-13H,8-11,21H2,1-2H3,(H,23,28,29). The molecule has 0 saturated heterocycles. The molecule has 1 amide bonds. The second-order valence-corrected chi connectivity index (χ2v) is 9.34. The molecule has 0 radical (unpaired) electrons. The van der Waals surface area contributed by atoms with Crippen LogP contribution in [0.25, 0.3) is 0 Å². The predicted octanol–water partition coefficient (Wildman–Crippen LogP) is 2.19. The van der Waals surface area contributed by atoms with E-state index in [0.717, 1.165) is 5.56 Å². The van der Waals surface area contributed by atoms with E-state index in [0.29, 0.717) is 23.2 Å². The second-order valence-electron chi connectivity index (χ2n) is 7.29. The van der Waals surface area contributed by atoms with Crippen molar-refractivity contribution in [1.29, 1.82) is 0 Å². The number of anilines is 2. The molecular weight excluding hydrogens is 436 g/mol. The number of benzene rings is 1. The van der Waals surface area contributed by atoms with Gasteiger partial charge in [-0.25, -0.2) is 4.79 Å². The quantitative estimate of drug-likeness (QED) is 0.469. The first-order valence-electron chi connectivity index (χ1n) is 9.72. The average Bonchev–Trinajstić information content (AvgIpc) is 3.26. The number of rotatable bonds is 9. The highest BCUT2D eigenvalue weighted by Crippen LogP contribution is 2.23. The van der Waals surface area contributed by atoms with E-state index < -0.39 is 11.2 Å². The molecule has 3 N–H and O–H groups in total. The smallest absolute Gasteiger partial charge is 0.330 e. The SMILES string of the molecule is CC(C)CCN(C(=O)CSc1nncs1)c1c(N)n(Cc2ccccc2)c(=O)[nH]c1=O. The van der Waals surface area contributed by atoms with E-state index in [9.17, 15) is 14.4 Å². The molecule has 0 unspecified atom stereocenters. The number of carbonyl (C=O) groups excluding carboxylic acids is 1. The van der Waals surface area contributed by atoms with E-state index in [4.69, 9.17) is 5.73 Å². The fourth-order valence-corrected chi connectivity index (χ4v) is 4.30. The Kier molecular flexibility index (Phi) is 7.64. The van der Waals surface area contributed by atoms with E-state index in [1.54, 1.807) is 5.51 Å². The maximum Gasteiger partial charge on any atom is 0.330 e. The van der Waals surface area contributed by atoms with Crippen LogP contribution in [-0.2, 0) is 11.3 Å². The zero-order valence-electron chi connectivity index (χ0n) is 17.3. The molecule has 2 heterocycles. The van der Waals surface area contributed by atoms with Gasteiger partial charge in [-0.05, 0) is 17.9 Å². The third kappa shape index (κ3) is 5.82. The lowest BCUT2D eigenvalue weighted by atomic mass is 10.1. The van der Waals surface area contributed by atoms with E-state index in [1.807, 2.05) is 44.2 Å². The largest absolute Gasteiger partial charge is 0.383 e. The summed E-state index contributed by atoms with van der Waals surface area (Å²) in [7, 11) is 0. The lowest BCUT2D eigenvalue weighted by Gasteiger charge is -2.25. The number of nitrogens with two attached hydrogens (primary N) is 1. The summed E-state index contributed by atoms with van der Waals surface area (Å²) in [6.07, 6.45) is 0.673. The number of aromatic amines is 1. The van der Waals surface area contributed by atoms with Crippen molar-refractivity contribution in [2.45, 2.75) is 31.2 Å². The molecular formula is C20H24N6O3S2. The molecule has 3 aromatic rings. The van der Waals surface area contributed by atoms with Gasteiger partial charge in [0, 0.05) is 6.54 Å². The first-order valence-corrected chi connectivity index (χ1v) is 11.6. The van der Waals surface area contributed by atoms with Gasteiger partial charge in [-0.2, -0.15) is 0 Å². The lowest BCUT2D eigenvalue weighted by Crippen LogP contribution is -2.42. The summed E-state index contributed by atoms with van der Waals surface area (Å²) in [5, 5.41) is 7.69. The molecule has 0 bridgehead atoms. The topological polar surface area (TPSA) is 127 Å². The Bertz CT molecular complexity index is 1130. The van der Waals surface area contributed by atoms with Gasteiger partial charge < -0.3 is 10.6 Å². The Labute approximate surface area is 187 Å². The predicted molar refractivity (Wildman–Crippen MR) is 124 cm³/mol. The Balaban J connectivity index is 1.96. The summed E-state index contributed by atoms with van der Waals surface area (Å²) in [6.45, 7) is 4.55. The zero-order chi connectivity index (χ0) is 22.4. The van der Waals surface area contributed by atoms with Crippen molar-refractivity contribution >= 4 is 40.5 Å². The lowest BCUT2D eigenvalue weighted by molar-refractivity contribution is -0.116. The summed E-state index contributed by atoms with van der Waals surface area (Å²) in [6, 6.07) is 9.29. The monoisotopic (exact) mass is 460 g/mol. The number of H-pyrrole nitrogens is 1. The van der Waals surface area contributed by atoms with Gasteiger partial charge in [0.1, 0.15) is 11.3 Å². The van der Waals surface area contributed by atoms with Crippen LogP contribution in [0.3, 0.4) is 0 Å². The first-order chi connectivity index (χ1) is 14.9. The number of hydrogen-bond acceptors (Lipinski definition) is 8. The molecule has 0 aliphatic rings. The van der Waals surface area contributed by atoms with Gasteiger partial charge in [-0.15, -0.1) is 10.2 Å². The molecule has 2 aromatic heterocycles. The van der Waals surface area contributed by atoms with Crippen LogP contribution in [0.2, 0.25) is 0 Å². The highest BCUT2D eigenvalue weighted by molar-refractivity contribution is 8.01. The molecule has 1 aromatic carbocycles. The van der Waals surface area contributed by atoms with Crippen LogP contribution in [0.15, 0.2) is 49.8 Å². The van der Waals surface area contributed by atoms with E-state index >= 15 is 0 Å². The summed E-state index contributed by atoms with van der Waals surface area (Å²) < 4.78 is 1.94. The zero-order valence-corrected chi connectivity index (χ0v) is 18.9. The van der Waals surface area contributed by atoms with Crippen molar-refractivity contribution in [2.75, 3.05) is 22.9 Å². The molecule has 0 atom stereocenters. The number of nitrogens with one attached hydrogen (secondary N) is 1. The molecule has 0 aliphatic heterocycles. The Morgan fingerprint density at radius 3 is 2.68 bits per heavy atom.